The molecule has 0 aliphatic rings. The number of carboxylic acids is 1. The van der Waals surface area contributed by atoms with Crippen molar-refractivity contribution in [1.29, 1.82) is 0 Å². The minimum Gasteiger partial charge on any atom is -0.490 e. The fourth-order valence-corrected chi connectivity index (χ4v) is 3.17. The predicted molar refractivity (Wildman–Crippen MR) is 131 cm³/mol. The molecule has 0 saturated heterocycles. The minimum atomic E-state index is -0.875. The highest BCUT2D eigenvalue weighted by atomic mass is 16.5. The van der Waals surface area contributed by atoms with Crippen molar-refractivity contribution in [2.45, 2.75) is 25.7 Å². The zero-order valence-electron chi connectivity index (χ0n) is 19.1. The van der Waals surface area contributed by atoms with Gasteiger partial charge in [0.15, 0.2) is 0 Å². The third-order valence-corrected chi connectivity index (χ3v) is 4.96. The van der Waals surface area contributed by atoms with Crippen molar-refractivity contribution in [2.75, 3.05) is 6.61 Å². The van der Waals surface area contributed by atoms with Crippen molar-refractivity contribution < 1.29 is 33.7 Å². The molecule has 0 saturated carbocycles. The fourth-order valence-electron chi connectivity index (χ4n) is 3.17. The molecular formula is C28H26O7. The van der Waals surface area contributed by atoms with E-state index in [1.807, 2.05) is 24.3 Å². The lowest BCUT2D eigenvalue weighted by atomic mass is 10.1. The number of hydrogen-bond acceptors (Lipinski definition) is 6. The van der Waals surface area contributed by atoms with Gasteiger partial charge in [0.2, 0.25) is 0 Å². The molecule has 35 heavy (non-hydrogen) atoms. The first-order valence-electron chi connectivity index (χ1n) is 11.1. The molecule has 0 aromatic heterocycles. The number of unbranched alkanes of at least 4 members (excludes halogenated alkanes) is 1. The van der Waals surface area contributed by atoms with E-state index in [2.05, 4.69) is 6.58 Å². The molecule has 1 N–H and O–H groups in total. The lowest BCUT2D eigenvalue weighted by Gasteiger charge is -2.08. The second-order valence-electron chi connectivity index (χ2n) is 7.64. The molecule has 3 rings (SSSR count). The zero-order valence-corrected chi connectivity index (χ0v) is 19.1. The van der Waals surface area contributed by atoms with Gasteiger partial charge in [-0.05, 0) is 72.5 Å². The molecule has 0 bridgehead atoms. The van der Waals surface area contributed by atoms with Gasteiger partial charge in [-0.3, -0.25) is 9.59 Å². The van der Waals surface area contributed by atoms with E-state index in [-0.39, 0.29) is 12.8 Å². The van der Waals surface area contributed by atoms with Gasteiger partial charge < -0.3 is 19.3 Å². The van der Waals surface area contributed by atoms with Crippen LogP contribution >= 0.6 is 0 Å². The topological polar surface area (TPSA) is 99.1 Å². The van der Waals surface area contributed by atoms with Crippen LogP contribution in [0.1, 0.15) is 36.0 Å². The van der Waals surface area contributed by atoms with Crippen LogP contribution in [0.15, 0.2) is 85.5 Å². The first-order chi connectivity index (χ1) is 16.9. The van der Waals surface area contributed by atoms with Crippen LogP contribution in [0.25, 0.3) is 11.1 Å². The third-order valence-electron chi connectivity index (χ3n) is 4.96. The second-order valence-corrected chi connectivity index (χ2v) is 7.64. The van der Waals surface area contributed by atoms with Crippen LogP contribution in [0.4, 0.5) is 0 Å². The molecule has 7 nitrogen and oxygen atoms in total. The van der Waals surface area contributed by atoms with Crippen LogP contribution in [0.3, 0.4) is 0 Å². The zero-order chi connectivity index (χ0) is 25.0. The monoisotopic (exact) mass is 474 g/mol. The molecule has 0 atom stereocenters. The number of esters is 2. The normalized spacial score (nSPS) is 10.3. The van der Waals surface area contributed by atoms with Gasteiger partial charge >= 0.3 is 17.9 Å². The molecule has 0 fully saturated rings. The highest BCUT2D eigenvalue weighted by Gasteiger charge is 2.10. The molecule has 7 heteroatoms. The van der Waals surface area contributed by atoms with Crippen LogP contribution in [0.5, 0.6) is 17.2 Å². The number of benzene rings is 3. The lowest BCUT2D eigenvalue weighted by Crippen LogP contribution is -2.08. The van der Waals surface area contributed by atoms with Crippen LogP contribution in [0, 0.1) is 0 Å². The van der Waals surface area contributed by atoms with Crippen molar-refractivity contribution in [3.63, 3.8) is 0 Å². The van der Waals surface area contributed by atoms with Crippen LogP contribution in [0.2, 0.25) is 0 Å². The molecule has 0 amide bonds. The molecular weight excluding hydrogens is 448 g/mol. The summed E-state index contributed by atoms with van der Waals surface area (Å²) in [7, 11) is 0. The Morgan fingerprint density at radius 3 is 1.77 bits per heavy atom. The van der Waals surface area contributed by atoms with Crippen molar-refractivity contribution >= 4 is 17.9 Å². The maximum atomic E-state index is 12.4. The van der Waals surface area contributed by atoms with Gasteiger partial charge in [0.25, 0.3) is 0 Å². The quantitative estimate of drug-likeness (QED) is 0.156. The highest BCUT2D eigenvalue weighted by Crippen LogP contribution is 2.25. The molecule has 0 heterocycles. The molecule has 3 aromatic carbocycles. The average Bonchev–Trinajstić information content (AvgIpc) is 2.86. The smallest absolute Gasteiger partial charge is 0.343 e. The number of ether oxygens (including phenoxy) is 3. The maximum Gasteiger partial charge on any atom is 0.343 e. The second kappa shape index (κ2) is 12.7. The molecule has 3 aromatic rings. The van der Waals surface area contributed by atoms with E-state index >= 15 is 0 Å². The Morgan fingerprint density at radius 2 is 1.23 bits per heavy atom. The van der Waals surface area contributed by atoms with Gasteiger partial charge in [-0.2, -0.15) is 0 Å². The van der Waals surface area contributed by atoms with Crippen LogP contribution in [-0.4, -0.2) is 29.6 Å². The Bertz CT molecular complexity index is 1150. The summed E-state index contributed by atoms with van der Waals surface area (Å²) < 4.78 is 16.1. The van der Waals surface area contributed by atoms with Gasteiger partial charge in [-0.15, -0.1) is 0 Å². The number of carboxylic acid groups (broad SMARTS) is 1. The van der Waals surface area contributed by atoms with E-state index in [9.17, 15) is 14.4 Å². The summed E-state index contributed by atoms with van der Waals surface area (Å²) in [6.07, 6.45) is 2.76. The Morgan fingerprint density at radius 1 is 0.714 bits per heavy atom. The number of aliphatic carboxylic acids is 1. The van der Waals surface area contributed by atoms with E-state index in [0.29, 0.717) is 42.3 Å². The summed E-state index contributed by atoms with van der Waals surface area (Å²) in [5.74, 6) is -0.263. The highest BCUT2D eigenvalue weighted by molar-refractivity contribution is 5.91. The number of carbonyl (C=O) groups excluding carboxylic acids is 2. The summed E-state index contributed by atoms with van der Waals surface area (Å²) in [5.41, 5.74) is 2.21. The van der Waals surface area contributed by atoms with Crippen molar-refractivity contribution in [3.8, 4) is 28.4 Å². The summed E-state index contributed by atoms with van der Waals surface area (Å²) in [4.78, 5) is 34.8. The van der Waals surface area contributed by atoms with E-state index in [1.54, 1.807) is 54.6 Å². The Hall–Kier alpha value is -4.39. The minimum absolute atomic E-state index is 0.0406. The Kier molecular flexibility index (Phi) is 9.19. The first kappa shape index (κ1) is 25.2. The summed E-state index contributed by atoms with van der Waals surface area (Å²) in [5, 5.41) is 8.62. The van der Waals surface area contributed by atoms with Crippen LogP contribution in [-0.2, 0) is 9.59 Å². The first-order valence-corrected chi connectivity index (χ1v) is 11.1. The SMILES string of the molecule is C=CCOc1ccc(C(=O)Oc2ccc(-c3ccc(OC(=O)CCCCC(=O)O)cc3)cc2)cc1. The third kappa shape index (κ3) is 8.16. The lowest BCUT2D eigenvalue weighted by molar-refractivity contribution is -0.138. The van der Waals surface area contributed by atoms with E-state index in [0.717, 1.165) is 11.1 Å². The number of hydrogen-bond donors (Lipinski definition) is 1. The van der Waals surface area contributed by atoms with Crippen molar-refractivity contribution in [2.24, 2.45) is 0 Å². The summed E-state index contributed by atoms with van der Waals surface area (Å²) >= 11 is 0. The molecule has 0 aliphatic heterocycles. The van der Waals surface area contributed by atoms with Crippen molar-refractivity contribution in [3.05, 3.63) is 91.0 Å². The average molecular weight is 475 g/mol. The van der Waals surface area contributed by atoms with E-state index < -0.39 is 17.9 Å². The molecule has 0 unspecified atom stereocenters. The van der Waals surface area contributed by atoms with E-state index in [1.165, 1.54) is 0 Å². The van der Waals surface area contributed by atoms with Crippen molar-refractivity contribution in [1.82, 2.24) is 0 Å². The number of rotatable bonds is 12. The van der Waals surface area contributed by atoms with Gasteiger partial charge in [0.05, 0.1) is 5.56 Å². The van der Waals surface area contributed by atoms with E-state index in [4.69, 9.17) is 19.3 Å². The van der Waals surface area contributed by atoms with Gasteiger partial charge in [-0.25, -0.2) is 4.79 Å². The van der Waals surface area contributed by atoms with Gasteiger partial charge in [0, 0.05) is 12.8 Å². The Labute approximate surface area is 203 Å². The molecule has 180 valence electrons. The maximum absolute atomic E-state index is 12.4. The molecule has 0 aliphatic carbocycles. The summed E-state index contributed by atoms with van der Waals surface area (Å²) in [6, 6.07) is 20.8. The Balaban J connectivity index is 1.51. The fraction of sp³-hybridized carbons (Fsp3) is 0.179. The number of carbonyl (C=O) groups is 3. The van der Waals surface area contributed by atoms with Crippen LogP contribution < -0.4 is 14.2 Å². The van der Waals surface area contributed by atoms with Gasteiger partial charge in [-0.1, -0.05) is 36.9 Å². The predicted octanol–water partition coefficient (Wildman–Crippen LogP) is 5.69. The molecule has 0 radical (unpaired) electrons. The summed E-state index contributed by atoms with van der Waals surface area (Å²) in [6.45, 7) is 3.98. The molecule has 0 spiro atoms. The van der Waals surface area contributed by atoms with Gasteiger partial charge in [0.1, 0.15) is 23.9 Å². The standard InChI is InChI=1S/C28H26O7/c1-2-19-33-23-13-11-22(12-14-23)28(32)35-25-17-9-21(10-18-25)20-7-15-24(16-8-20)34-27(31)6-4-3-5-26(29)30/h2,7-18H,1,3-6,19H2,(H,29,30). The largest absolute Gasteiger partial charge is 0.490 e.